The minimum atomic E-state index is -0.330. The van der Waals surface area contributed by atoms with Crippen molar-refractivity contribution in [2.45, 2.75) is 18.2 Å². The van der Waals surface area contributed by atoms with Gasteiger partial charge in [0, 0.05) is 17.3 Å². The highest BCUT2D eigenvalue weighted by Crippen LogP contribution is 2.19. The summed E-state index contributed by atoms with van der Waals surface area (Å²) < 4.78 is 14.8. The van der Waals surface area contributed by atoms with E-state index in [0.717, 1.165) is 5.69 Å². The fourth-order valence-corrected chi connectivity index (χ4v) is 3.39. The van der Waals surface area contributed by atoms with Crippen LogP contribution in [0, 0.1) is 5.82 Å². The molecule has 1 aromatic heterocycles. The number of hydrogen-bond donors (Lipinski definition) is 2. The van der Waals surface area contributed by atoms with Gasteiger partial charge in [0.2, 0.25) is 0 Å². The van der Waals surface area contributed by atoms with Gasteiger partial charge in [-0.3, -0.25) is 4.79 Å². The smallest absolute Gasteiger partial charge is 0.250 e. The summed E-state index contributed by atoms with van der Waals surface area (Å²) in [6.45, 7) is 4.74. The third-order valence-electron chi connectivity index (χ3n) is 4.01. The number of anilines is 1. The number of rotatable bonds is 10. The summed E-state index contributed by atoms with van der Waals surface area (Å²) in [5, 5.41) is 16.8. The molecule has 0 atom stereocenters. The number of carbonyl (C=O) groups is 1. The molecule has 0 bridgehead atoms. The van der Waals surface area contributed by atoms with Crippen molar-refractivity contribution in [3.8, 4) is 0 Å². The Hall–Kier alpha value is -3.17. The molecule has 0 aliphatic heterocycles. The average molecular weight is 459 g/mol. The zero-order valence-corrected chi connectivity index (χ0v) is 18.0. The highest BCUT2D eigenvalue weighted by Gasteiger charge is 2.13. The predicted octanol–water partition coefficient (Wildman–Crippen LogP) is 4.11. The van der Waals surface area contributed by atoms with Crippen LogP contribution < -0.4 is 10.7 Å². The van der Waals surface area contributed by atoms with Crippen LogP contribution in [0.5, 0.6) is 0 Å². The van der Waals surface area contributed by atoms with E-state index >= 15 is 0 Å². The molecule has 0 aliphatic carbocycles. The Morgan fingerprint density at radius 2 is 1.94 bits per heavy atom. The summed E-state index contributed by atoms with van der Waals surface area (Å²) in [6.07, 6.45) is 3.19. The minimum Gasteiger partial charge on any atom is -0.378 e. The first-order valence-corrected chi connectivity index (χ1v) is 10.6. The van der Waals surface area contributed by atoms with Gasteiger partial charge in [-0.2, -0.15) is 5.10 Å². The zero-order chi connectivity index (χ0) is 22.1. The number of amides is 1. The lowest BCUT2D eigenvalue weighted by molar-refractivity contribution is -0.118. The molecule has 3 aromatic rings. The van der Waals surface area contributed by atoms with Gasteiger partial charge in [0.05, 0.1) is 18.5 Å². The van der Waals surface area contributed by atoms with Gasteiger partial charge in [-0.15, -0.1) is 16.8 Å². The molecule has 0 spiro atoms. The first-order valence-electron chi connectivity index (χ1n) is 9.28. The molecule has 0 saturated heterocycles. The average Bonchev–Trinajstić information content (AvgIpc) is 3.15. The summed E-state index contributed by atoms with van der Waals surface area (Å²) in [4.78, 5) is 12.1. The van der Waals surface area contributed by atoms with Crippen LogP contribution in [-0.2, 0) is 17.9 Å². The topological polar surface area (TPSA) is 84.2 Å². The lowest BCUT2D eigenvalue weighted by atomic mass is 10.2. The first-order chi connectivity index (χ1) is 15.0. The molecule has 0 aliphatic rings. The summed E-state index contributed by atoms with van der Waals surface area (Å²) in [5.74, 6) is 0.203. The Kier molecular flexibility index (Phi) is 8.19. The molecule has 0 unspecified atom stereocenters. The molecule has 0 radical (unpaired) electrons. The third-order valence-corrected chi connectivity index (χ3v) is 5.22. The Morgan fingerprint density at radius 3 is 2.65 bits per heavy atom. The van der Waals surface area contributed by atoms with Gasteiger partial charge < -0.3 is 9.88 Å². The monoisotopic (exact) mass is 458 g/mol. The van der Waals surface area contributed by atoms with Crippen molar-refractivity contribution in [2.75, 3.05) is 11.1 Å². The van der Waals surface area contributed by atoms with Gasteiger partial charge >= 0.3 is 0 Å². The Morgan fingerprint density at radius 1 is 1.19 bits per heavy atom. The molecule has 0 saturated carbocycles. The summed E-state index contributed by atoms with van der Waals surface area (Å²) in [5.41, 5.74) is 4.03. The van der Waals surface area contributed by atoms with Gasteiger partial charge in [-0.1, -0.05) is 41.6 Å². The second kappa shape index (κ2) is 11.3. The van der Waals surface area contributed by atoms with Crippen molar-refractivity contribution in [1.29, 1.82) is 0 Å². The number of nitrogens with zero attached hydrogens (tertiary/aromatic N) is 4. The first kappa shape index (κ1) is 22.5. The number of aromatic nitrogens is 3. The summed E-state index contributed by atoms with van der Waals surface area (Å²) >= 11 is 7.15. The maximum Gasteiger partial charge on any atom is 0.250 e. The number of carbonyl (C=O) groups excluding carboxylic acids is 1. The lowest BCUT2D eigenvalue weighted by Gasteiger charge is -2.09. The number of thioether (sulfide) groups is 1. The van der Waals surface area contributed by atoms with E-state index < -0.39 is 0 Å². The molecule has 10 heteroatoms. The van der Waals surface area contributed by atoms with E-state index in [1.54, 1.807) is 30.3 Å². The highest BCUT2D eigenvalue weighted by atomic mass is 35.5. The van der Waals surface area contributed by atoms with Crippen LogP contribution in [0.2, 0.25) is 5.02 Å². The Balaban J connectivity index is 1.54. The zero-order valence-electron chi connectivity index (χ0n) is 16.5. The number of halogens is 2. The minimum absolute atomic E-state index is 0.112. The molecule has 3 rings (SSSR count). The van der Waals surface area contributed by atoms with Crippen LogP contribution in [0.1, 0.15) is 11.4 Å². The van der Waals surface area contributed by atoms with Crippen molar-refractivity contribution in [3.05, 3.63) is 83.4 Å². The maximum absolute atomic E-state index is 12.9. The van der Waals surface area contributed by atoms with Crippen LogP contribution in [-0.4, -0.2) is 32.6 Å². The molecule has 1 heterocycles. The van der Waals surface area contributed by atoms with E-state index in [4.69, 9.17) is 11.6 Å². The largest absolute Gasteiger partial charge is 0.378 e. The predicted molar refractivity (Wildman–Crippen MR) is 122 cm³/mol. The fourth-order valence-electron chi connectivity index (χ4n) is 2.51. The van der Waals surface area contributed by atoms with Gasteiger partial charge in [0.1, 0.15) is 5.82 Å². The molecule has 7 nitrogen and oxygen atoms in total. The van der Waals surface area contributed by atoms with Crippen LogP contribution in [0.4, 0.5) is 10.1 Å². The Bertz CT molecular complexity index is 1050. The number of allylic oxidation sites excluding steroid dienone is 1. The standard InChI is InChI=1S/C21H20ClFN6OS/c1-2-11-29-19(13-24-18-9-5-16(22)6-10-18)26-28-21(29)31-14-20(30)27-25-12-15-3-7-17(23)8-4-15/h2-10,12,24H,1,11,13-14H2,(H,27,30)/b25-12-. The number of benzene rings is 2. The SMILES string of the molecule is C=CCn1c(CNc2ccc(Cl)cc2)nnc1SCC(=O)N/N=C\c1ccc(F)cc1. The molecular formula is C21H20ClFN6OS. The normalized spacial score (nSPS) is 10.9. The molecular weight excluding hydrogens is 439 g/mol. The van der Waals surface area contributed by atoms with Crippen LogP contribution in [0.15, 0.2) is 71.4 Å². The van der Waals surface area contributed by atoms with E-state index in [1.807, 2.05) is 16.7 Å². The molecule has 2 N–H and O–H groups in total. The van der Waals surface area contributed by atoms with Crippen molar-refractivity contribution >= 4 is 41.2 Å². The van der Waals surface area contributed by atoms with E-state index in [1.165, 1.54) is 30.1 Å². The molecule has 0 fully saturated rings. The second-order valence-corrected chi connectivity index (χ2v) is 7.67. The van der Waals surface area contributed by atoms with Gasteiger partial charge in [0.15, 0.2) is 11.0 Å². The van der Waals surface area contributed by atoms with E-state index in [2.05, 4.69) is 32.6 Å². The Labute approximate surface area is 188 Å². The maximum atomic E-state index is 12.9. The number of hydrogen-bond acceptors (Lipinski definition) is 6. The fraction of sp³-hybridized carbons (Fsp3) is 0.143. The lowest BCUT2D eigenvalue weighted by Crippen LogP contribution is -2.20. The van der Waals surface area contributed by atoms with E-state index in [0.29, 0.717) is 34.7 Å². The van der Waals surface area contributed by atoms with E-state index in [9.17, 15) is 9.18 Å². The summed E-state index contributed by atoms with van der Waals surface area (Å²) in [7, 11) is 0. The molecule has 160 valence electrons. The molecule has 2 aromatic carbocycles. The molecule has 1 amide bonds. The molecule has 31 heavy (non-hydrogen) atoms. The summed E-state index contributed by atoms with van der Waals surface area (Å²) in [6, 6.07) is 13.1. The van der Waals surface area contributed by atoms with Crippen LogP contribution >= 0.6 is 23.4 Å². The van der Waals surface area contributed by atoms with Crippen LogP contribution in [0.3, 0.4) is 0 Å². The van der Waals surface area contributed by atoms with Crippen molar-refractivity contribution in [3.63, 3.8) is 0 Å². The van der Waals surface area contributed by atoms with E-state index in [-0.39, 0.29) is 17.5 Å². The van der Waals surface area contributed by atoms with Crippen LogP contribution in [0.25, 0.3) is 0 Å². The highest BCUT2D eigenvalue weighted by molar-refractivity contribution is 7.99. The van der Waals surface area contributed by atoms with Gasteiger partial charge in [-0.25, -0.2) is 9.82 Å². The quantitative estimate of drug-likeness (QED) is 0.207. The van der Waals surface area contributed by atoms with Gasteiger partial charge in [-0.05, 0) is 42.0 Å². The van der Waals surface area contributed by atoms with Crippen molar-refractivity contribution in [2.24, 2.45) is 5.10 Å². The number of hydrazone groups is 1. The number of nitrogens with one attached hydrogen (secondary N) is 2. The second-order valence-electron chi connectivity index (χ2n) is 6.29. The van der Waals surface area contributed by atoms with Crippen molar-refractivity contribution in [1.82, 2.24) is 20.2 Å². The van der Waals surface area contributed by atoms with Gasteiger partial charge in [0.25, 0.3) is 5.91 Å². The third kappa shape index (κ3) is 6.94. The van der Waals surface area contributed by atoms with Crippen molar-refractivity contribution < 1.29 is 9.18 Å².